The molecule has 0 aliphatic heterocycles. The van der Waals surface area contributed by atoms with Crippen LogP contribution in [0.1, 0.15) is 38.1 Å². The van der Waals surface area contributed by atoms with Crippen LogP contribution in [0.2, 0.25) is 0 Å². The van der Waals surface area contributed by atoms with Gasteiger partial charge in [0.05, 0.1) is 6.61 Å². The lowest BCUT2D eigenvalue weighted by molar-refractivity contribution is 0.295. The first kappa shape index (κ1) is 14.4. The second-order valence-corrected chi connectivity index (χ2v) is 4.19. The maximum absolute atomic E-state index is 9.17. The molecule has 98 valence electrons. The highest BCUT2D eigenvalue weighted by Crippen LogP contribution is 2.17. The zero-order chi connectivity index (χ0) is 13.5. The summed E-state index contributed by atoms with van der Waals surface area (Å²) >= 11 is 0. The van der Waals surface area contributed by atoms with E-state index >= 15 is 0 Å². The predicted molar refractivity (Wildman–Crippen MR) is 70.3 cm³/mol. The normalized spacial score (nSPS) is 10.4. The van der Waals surface area contributed by atoms with Crippen LogP contribution in [0.25, 0.3) is 0 Å². The van der Waals surface area contributed by atoms with Crippen LogP contribution in [0.15, 0.2) is 6.07 Å². The molecule has 1 N–H and O–H groups in total. The molecule has 0 aliphatic carbocycles. The fourth-order valence-electron chi connectivity index (χ4n) is 2.02. The highest BCUT2D eigenvalue weighted by Gasteiger charge is 2.18. The van der Waals surface area contributed by atoms with Crippen molar-refractivity contribution >= 4 is 5.95 Å². The van der Waals surface area contributed by atoms with E-state index in [1.165, 1.54) is 0 Å². The molecular formula is C13H20N4O. The van der Waals surface area contributed by atoms with Gasteiger partial charge in [0.2, 0.25) is 5.95 Å². The molecule has 0 unspecified atom stereocenters. The van der Waals surface area contributed by atoms with Gasteiger partial charge < -0.3 is 10.0 Å². The third kappa shape index (κ3) is 3.41. The number of rotatable bonds is 6. The molecule has 1 aromatic rings. The van der Waals surface area contributed by atoms with Gasteiger partial charge in [-0.3, -0.25) is 0 Å². The number of aliphatic hydroxyl groups excluding tert-OH is 1. The van der Waals surface area contributed by atoms with Gasteiger partial charge in [-0.05, 0) is 25.8 Å². The van der Waals surface area contributed by atoms with E-state index in [-0.39, 0.29) is 12.6 Å². The van der Waals surface area contributed by atoms with E-state index in [9.17, 15) is 5.11 Å². The predicted octanol–water partition coefficient (Wildman–Crippen LogP) is 1.64. The third-order valence-corrected chi connectivity index (χ3v) is 2.94. The standard InChI is InChI=1S/C13H20N4O/c1-4-12(5-2)17(6-7-18)13-15-10(3)8-11(9-14)16-13/h8,12,18H,4-7H2,1-3H3. The molecule has 0 atom stereocenters. The number of aryl methyl sites for hydroxylation is 1. The summed E-state index contributed by atoms with van der Waals surface area (Å²) in [5.74, 6) is 0.536. The van der Waals surface area contributed by atoms with Crippen LogP contribution in [-0.4, -0.2) is 34.3 Å². The number of anilines is 1. The first-order valence-corrected chi connectivity index (χ1v) is 6.29. The Morgan fingerprint density at radius 3 is 2.56 bits per heavy atom. The summed E-state index contributed by atoms with van der Waals surface area (Å²) in [6.07, 6.45) is 1.91. The Balaban J connectivity index is 3.12. The average molecular weight is 248 g/mol. The van der Waals surface area contributed by atoms with Crippen molar-refractivity contribution in [3.63, 3.8) is 0 Å². The molecule has 1 aromatic heterocycles. The highest BCUT2D eigenvalue weighted by molar-refractivity contribution is 5.37. The minimum atomic E-state index is 0.0513. The molecule has 0 saturated heterocycles. The fraction of sp³-hybridized carbons (Fsp3) is 0.615. The van der Waals surface area contributed by atoms with E-state index in [1.54, 1.807) is 6.07 Å². The lowest BCUT2D eigenvalue weighted by atomic mass is 10.1. The van der Waals surface area contributed by atoms with Crippen LogP contribution in [0.5, 0.6) is 0 Å². The largest absolute Gasteiger partial charge is 0.395 e. The summed E-state index contributed by atoms with van der Waals surface area (Å²) < 4.78 is 0. The summed E-state index contributed by atoms with van der Waals surface area (Å²) in [5, 5.41) is 18.1. The van der Waals surface area contributed by atoms with Gasteiger partial charge in [-0.2, -0.15) is 5.26 Å². The number of aliphatic hydroxyl groups is 1. The van der Waals surface area contributed by atoms with E-state index in [0.717, 1.165) is 18.5 Å². The van der Waals surface area contributed by atoms with Crippen LogP contribution in [0, 0.1) is 18.3 Å². The number of hydrogen-bond donors (Lipinski definition) is 1. The van der Waals surface area contributed by atoms with E-state index in [0.29, 0.717) is 18.2 Å². The van der Waals surface area contributed by atoms with Gasteiger partial charge >= 0.3 is 0 Å². The van der Waals surface area contributed by atoms with E-state index in [2.05, 4.69) is 23.8 Å². The quantitative estimate of drug-likeness (QED) is 0.828. The van der Waals surface area contributed by atoms with Gasteiger partial charge in [0, 0.05) is 18.3 Å². The van der Waals surface area contributed by atoms with Crippen LogP contribution in [0.3, 0.4) is 0 Å². The molecular weight excluding hydrogens is 228 g/mol. The summed E-state index contributed by atoms with van der Waals surface area (Å²) in [5.41, 5.74) is 1.14. The summed E-state index contributed by atoms with van der Waals surface area (Å²) in [6, 6.07) is 3.98. The van der Waals surface area contributed by atoms with Crippen molar-refractivity contribution < 1.29 is 5.11 Å². The van der Waals surface area contributed by atoms with Crippen molar-refractivity contribution in [1.29, 1.82) is 5.26 Å². The number of hydrogen-bond acceptors (Lipinski definition) is 5. The summed E-state index contributed by atoms with van der Waals surface area (Å²) in [4.78, 5) is 10.6. The van der Waals surface area contributed by atoms with Crippen molar-refractivity contribution in [2.75, 3.05) is 18.1 Å². The van der Waals surface area contributed by atoms with E-state index in [4.69, 9.17) is 5.26 Å². The van der Waals surface area contributed by atoms with Crippen molar-refractivity contribution in [2.24, 2.45) is 0 Å². The van der Waals surface area contributed by atoms with Crippen molar-refractivity contribution in [3.8, 4) is 6.07 Å². The zero-order valence-electron chi connectivity index (χ0n) is 11.2. The maximum Gasteiger partial charge on any atom is 0.227 e. The summed E-state index contributed by atoms with van der Waals surface area (Å²) in [7, 11) is 0. The molecule has 0 radical (unpaired) electrons. The first-order chi connectivity index (χ1) is 8.65. The molecule has 0 fully saturated rings. The van der Waals surface area contributed by atoms with Crippen LogP contribution < -0.4 is 4.90 Å². The number of aromatic nitrogens is 2. The third-order valence-electron chi connectivity index (χ3n) is 2.94. The Bertz CT molecular complexity index is 423. The molecule has 0 aliphatic rings. The van der Waals surface area contributed by atoms with Gasteiger partial charge in [0.15, 0.2) is 0 Å². The van der Waals surface area contributed by atoms with E-state index in [1.807, 2.05) is 17.9 Å². The molecule has 0 spiro atoms. The monoisotopic (exact) mass is 248 g/mol. The molecule has 0 aromatic carbocycles. The molecule has 0 amide bonds. The lowest BCUT2D eigenvalue weighted by Crippen LogP contribution is -2.38. The van der Waals surface area contributed by atoms with Crippen LogP contribution >= 0.6 is 0 Å². The molecule has 0 bridgehead atoms. The van der Waals surface area contributed by atoms with Crippen LogP contribution in [-0.2, 0) is 0 Å². The topological polar surface area (TPSA) is 73.0 Å². The fourth-order valence-corrected chi connectivity index (χ4v) is 2.02. The Labute approximate surface area is 108 Å². The Morgan fingerprint density at radius 2 is 2.06 bits per heavy atom. The van der Waals surface area contributed by atoms with Crippen molar-refractivity contribution in [3.05, 3.63) is 17.5 Å². The number of nitriles is 1. The molecule has 5 heteroatoms. The average Bonchev–Trinajstić information content (AvgIpc) is 2.38. The highest BCUT2D eigenvalue weighted by atomic mass is 16.3. The van der Waals surface area contributed by atoms with Crippen molar-refractivity contribution in [1.82, 2.24) is 9.97 Å². The van der Waals surface area contributed by atoms with Crippen molar-refractivity contribution in [2.45, 2.75) is 39.7 Å². The van der Waals surface area contributed by atoms with Gasteiger partial charge in [0.25, 0.3) is 0 Å². The molecule has 18 heavy (non-hydrogen) atoms. The lowest BCUT2D eigenvalue weighted by Gasteiger charge is -2.30. The van der Waals surface area contributed by atoms with Gasteiger partial charge in [-0.15, -0.1) is 0 Å². The van der Waals surface area contributed by atoms with Gasteiger partial charge in [-0.1, -0.05) is 13.8 Å². The zero-order valence-corrected chi connectivity index (χ0v) is 11.2. The maximum atomic E-state index is 9.17. The molecule has 5 nitrogen and oxygen atoms in total. The Kier molecular flexibility index (Phi) is 5.53. The number of nitrogens with zero attached hydrogens (tertiary/aromatic N) is 4. The Morgan fingerprint density at radius 1 is 1.39 bits per heavy atom. The van der Waals surface area contributed by atoms with Gasteiger partial charge in [0.1, 0.15) is 11.8 Å². The smallest absolute Gasteiger partial charge is 0.227 e. The summed E-state index contributed by atoms with van der Waals surface area (Å²) in [6.45, 7) is 6.57. The second kappa shape index (κ2) is 6.92. The van der Waals surface area contributed by atoms with Gasteiger partial charge in [-0.25, -0.2) is 9.97 Å². The first-order valence-electron chi connectivity index (χ1n) is 6.29. The molecule has 1 rings (SSSR count). The molecule has 1 heterocycles. The SMILES string of the molecule is CCC(CC)N(CCO)c1nc(C)cc(C#N)n1. The van der Waals surface area contributed by atoms with Crippen LogP contribution in [0.4, 0.5) is 5.95 Å². The molecule has 0 saturated carbocycles. The Hall–Kier alpha value is -1.67. The second-order valence-electron chi connectivity index (χ2n) is 4.19. The minimum Gasteiger partial charge on any atom is -0.395 e. The minimum absolute atomic E-state index is 0.0513. The van der Waals surface area contributed by atoms with E-state index < -0.39 is 0 Å².